The maximum absolute atomic E-state index is 13.0. The molecular formula is C12H19FN2. The molecule has 84 valence electrons. The maximum atomic E-state index is 13.0. The van der Waals surface area contributed by atoms with Crippen LogP contribution in [0, 0.1) is 5.82 Å². The minimum Gasteiger partial charge on any atom is -0.326 e. The molecule has 3 heteroatoms. The average molecular weight is 210 g/mol. The van der Waals surface area contributed by atoms with Gasteiger partial charge in [-0.05, 0) is 44.2 Å². The molecule has 0 saturated heterocycles. The third-order valence-corrected chi connectivity index (χ3v) is 2.69. The second kappa shape index (κ2) is 5.24. The van der Waals surface area contributed by atoms with Crippen LogP contribution in [0.25, 0.3) is 0 Å². The number of rotatable bonds is 4. The molecule has 0 aliphatic rings. The van der Waals surface area contributed by atoms with Crippen molar-refractivity contribution in [1.82, 2.24) is 4.90 Å². The van der Waals surface area contributed by atoms with Crippen LogP contribution in [-0.4, -0.2) is 18.0 Å². The van der Waals surface area contributed by atoms with E-state index in [4.69, 9.17) is 5.73 Å². The molecule has 0 aromatic heterocycles. The predicted molar refractivity (Wildman–Crippen MR) is 60.9 cm³/mol. The molecule has 0 atom stereocenters. The molecular weight excluding hydrogens is 191 g/mol. The molecule has 2 N–H and O–H groups in total. The number of nitrogens with two attached hydrogens (primary N) is 1. The Balaban J connectivity index is 2.84. The monoisotopic (exact) mass is 210 g/mol. The van der Waals surface area contributed by atoms with Gasteiger partial charge in [-0.15, -0.1) is 0 Å². The molecule has 1 aromatic rings. The summed E-state index contributed by atoms with van der Waals surface area (Å²) in [6, 6.07) is 5.29. The molecule has 0 aliphatic carbocycles. The Kier molecular flexibility index (Phi) is 4.24. The van der Waals surface area contributed by atoms with E-state index in [2.05, 4.69) is 18.7 Å². The van der Waals surface area contributed by atoms with Crippen molar-refractivity contribution in [3.05, 3.63) is 35.1 Å². The third-order valence-electron chi connectivity index (χ3n) is 2.69. The number of nitrogens with zero attached hydrogens (tertiary/aromatic N) is 1. The summed E-state index contributed by atoms with van der Waals surface area (Å²) in [6.45, 7) is 5.46. The first-order valence-electron chi connectivity index (χ1n) is 5.22. The molecule has 0 amide bonds. The van der Waals surface area contributed by atoms with Crippen molar-refractivity contribution in [3.63, 3.8) is 0 Å². The highest BCUT2D eigenvalue weighted by Gasteiger charge is 2.08. The largest absolute Gasteiger partial charge is 0.326 e. The van der Waals surface area contributed by atoms with Gasteiger partial charge in [0.05, 0.1) is 0 Å². The Morgan fingerprint density at radius 3 is 2.53 bits per heavy atom. The van der Waals surface area contributed by atoms with Gasteiger partial charge < -0.3 is 5.73 Å². The Morgan fingerprint density at radius 2 is 2.00 bits per heavy atom. The van der Waals surface area contributed by atoms with Gasteiger partial charge in [0.15, 0.2) is 0 Å². The van der Waals surface area contributed by atoms with Crippen LogP contribution in [-0.2, 0) is 13.1 Å². The molecule has 0 fully saturated rings. The summed E-state index contributed by atoms with van der Waals surface area (Å²) in [4.78, 5) is 2.20. The smallest absolute Gasteiger partial charge is 0.123 e. The first-order chi connectivity index (χ1) is 7.04. The van der Waals surface area contributed by atoms with Crippen LogP contribution < -0.4 is 5.73 Å². The van der Waals surface area contributed by atoms with Gasteiger partial charge in [-0.2, -0.15) is 0 Å². The zero-order valence-electron chi connectivity index (χ0n) is 9.63. The fourth-order valence-electron chi connectivity index (χ4n) is 1.39. The molecule has 1 rings (SSSR count). The van der Waals surface area contributed by atoms with Crippen molar-refractivity contribution in [1.29, 1.82) is 0 Å². The molecule has 2 nitrogen and oxygen atoms in total. The predicted octanol–water partition coefficient (Wildman–Crippen LogP) is 2.12. The highest BCUT2D eigenvalue weighted by atomic mass is 19.1. The van der Waals surface area contributed by atoms with Crippen molar-refractivity contribution in [2.24, 2.45) is 5.73 Å². The minimum absolute atomic E-state index is 0.216. The van der Waals surface area contributed by atoms with Crippen molar-refractivity contribution in [3.8, 4) is 0 Å². The van der Waals surface area contributed by atoms with Crippen LogP contribution >= 0.6 is 0 Å². The molecule has 0 bridgehead atoms. The molecule has 0 aliphatic heterocycles. The molecule has 0 radical (unpaired) electrons. The van der Waals surface area contributed by atoms with E-state index in [1.165, 1.54) is 12.1 Å². The quantitative estimate of drug-likeness (QED) is 0.825. The fraction of sp³-hybridized carbons (Fsp3) is 0.500. The summed E-state index contributed by atoms with van der Waals surface area (Å²) in [5, 5.41) is 0. The highest BCUT2D eigenvalue weighted by molar-refractivity contribution is 5.27. The Hall–Kier alpha value is -0.930. The number of hydrogen-bond acceptors (Lipinski definition) is 2. The molecule has 0 saturated carbocycles. The molecule has 15 heavy (non-hydrogen) atoms. The van der Waals surface area contributed by atoms with Gasteiger partial charge in [0, 0.05) is 19.1 Å². The maximum Gasteiger partial charge on any atom is 0.123 e. The topological polar surface area (TPSA) is 29.3 Å². The van der Waals surface area contributed by atoms with Gasteiger partial charge >= 0.3 is 0 Å². The lowest BCUT2D eigenvalue weighted by Gasteiger charge is -2.22. The molecule has 0 spiro atoms. The first kappa shape index (κ1) is 12.1. The lowest BCUT2D eigenvalue weighted by molar-refractivity contribution is 0.265. The standard InChI is InChI=1S/C12H19FN2/c1-9(2)15(3)8-10-4-5-12(13)6-11(10)7-14/h4-6,9H,7-8,14H2,1-3H3. The van der Waals surface area contributed by atoms with Gasteiger partial charge in [0.25, 0.3) is 0 Å². The van der Waals surface area contributed by atoms with E-state index in [0.29, 0.717) is 12.6 Å². The Morgan fingerprint density at radius 1 is 1.33 bits per heavy atom. The van der Waals surface area contributed by atoms with Gasteiger partial charge in [0.2, 0.25) is 0 Å². The Bertz CT molecular complexity index is 323. The van der Waals surface area contributed by atoms with Crippen LogP contribution in [0.5, 0.6) is 0 Å². The Labute approximate surface area is 90.9 Å². The lowest BCUT2D eigenvalue weighted by Crippen LogP contribution is -2.26. The fourth-order valence-corrected chi connectivity index (χ4v) is 1.39. The van der Waals surface area contributed by atoms with Gasteiger partial charge in [-0.25, -0.2) is 4.39 Å². The number of hydrogen-bond donors (Lipinski definition) is 1. The third kappa shape index (κ3) is 3.29. The van der Waals surface area contributed by atoms with E-state index in [0.717, 1.165) is 17.7 Å². The normalized spacial score (nSPS) is 11.4. The van der Waals surface area contributed by atoms with Crippen molar-refractivity contribution < 1.29 is 4.39 Å². The first-order valence-corrected chi connectivity index (χ1v) is 5.22. The van der Waals surface area contributed by atoms with E-state index in [-0.39, 0.29) is 5.82 Å². The number of benzene rings is 1. The lowest BCUT2D eigenvalue weighted by atomic mass is 10.1. The summed E-state index contributed by atoms with van der Waals surface area (Å²) in [7, 11) is 2.05. The van der Waals surface area contributed by atoms with Gasteiger partial charge in [0.1, 0.15) is 5.82 Å². The summed E-state index contributed by atoms with van der Waals surface area (Å²) in [5.74, 6) is -0.216. The average Bonchev–Trinajstić information content (AvgIpc) is 2.20. The highest BCUT2D eigenvalue weighted by Crippen LogP contribution is 2.13. The zero-order valence-corrected chi connectivity index (χ0v) is 9.63. The number of halogens is 1. The van der Waals surface area contributed by atoms with Gasteiger partial charge in [-0.1, -0.05) is 6.07 Å². The van der Waals surface area contributed by atoms with Crippen molar-refractivity contribution in [2.45, 2.75) is 33.0 Å². The summed E-state index contributed by atoms with van der Waals surface area (Å²) in [6.07, 6.45) is 0. The van der Waals surface area contributed by atoms with Crippen LogP contribution in [0.1, 0.15) is 25.0 Å². The van der Waals surface area contributed by atoms with E-state index >= 15 is 0 Å². The van der Waals surface area contributed by atoms with E-state index in [1.807, 2.05) is 13.1 Å². The SMILES string of the molecule is CC(C)N(C)Cc1ccc(F)cc1CN. The second-order valence-electron chi connectivity index (χ2n) is 4.13. The summed E-state index contributed by atoms with van der Waals surface area (Å²) < 4.78 is 13.0. The van der Waals surface area contributed by atoms with Crippen LogP contribution in [0.4, 0.5) is 4.39 Å². The molecule has 0 heterocycles. The van der Waals surface area contributed by atoms with E-state index in [9.17, 15) is 4.39 Å². The summed E-state index contributed by atoms with van der Waals surface area (Å²) >= 11 is 0. The van der Waals surface area contributed by atoms with Crippen LogP contribution in [0.2, 0.25) is 0 Å². The molecule has 1 aromatic carbocycles. The van der Waals surface area contributed by atoms with Crippen molar-refractivity contribution >= 4 is 0 Å². The zero-order chi connectivity index (χ0) is 11.4. The van der Waals surface area contributed by atoms with Crippen LogP contribution in [0.3, 0.4) is 0 Å². The van der Waals surface area contributed by atoms with Crippen LogP contribution in [0.15, 0.2) is 18.2 Å². The molecule has 0 unspecified atom stereocenters. The van der Waals surface area contributed by atoms with Crippen molar-refractivity contribution in [2.75, 3.05) is 7.05 Å². The minimum atomic E-state index is -0.216. The van der Waals surface area contributed by atoms with E-state index < -0.39 is 0 Å². The summed E-state index contributed by atoms with van der Waals surface area (Å²) in [5.41, 5.74) is 7.58. The second-order valence-corrected chi connectivity index (χ2v) is 4.13. The van der Waals surface area contributed by atoms with Gasteiger partial charge in [-0.3, -0.25) is 4.90 Å². The van der Waals surface area contributed by atoms with E-state index in [1.54, 1.807) is 0 Å².